The van der Waals surface area contributed by atoms with Crippen molar-refractivity contribution in [2.45, 2.75) is 30.6 Å². The van der Waals surface area contributed by atoms with Crippen molar-refractivity contribution in [1.29, 1.82) is 0 Å². The van der Waals surface area contributed by atoms with Crippen molar-refractivity contribution < 1.29 is 17.9 Å². The fourth-order valence-corrected chi connectivity index (χ4v) is 6.17. The molecule has 194 valence electrons. The van der Waals surface area contributed by atoms with Crippen molar-refractivity contribution in [1.82, 2.24) is 9.62 Å². The van der Waals surface area contributed by atoms with Crippen molar-refractivity contribution in [3.05, 3.63) is 126 Å². The molecule has 2 unspecified atom stereocenters. The molecule has 2 atom stereocenters. The van der Waals surface area contributed by atoms with E-state index in [1.807, 2.05) is 85.8 Å². The van der Waals surface area contributed by atoms with Crippen molar-refractivity contribution in [2.24, 2.45) is 0 Å². The Morgan fingerprint density at radius 1 is 0.895 bits per heavy atom. The van der Waals surface area contributed by atoms with Crippen LogP contribution in [0.3, 0.4) is 0 Å². The Morgan fingerprint density at radius 2 is 1.53 bits per heavy atom. The molecule has 8 heteroatoms. The van der Waals surface area contributed by atoms with E-state index in [2.05, 4.69) is 10.6 Å². The number of rotatable bonds is 8. The Kier molecular flexibility index (Phi) is 7.44. The number of nitrogens with zero attached hydrogens (tertiary/aromatic N) is 1. The number of para-hydroxylation sites is 1. The fourth-order valence-electron chi connectivity index (χ4n) is 4.49. The molecule has 1 amide bonds. The second kappa shape index (κ2) is 11.1. The molecule has 0 saturated heterocycles. The topological polar surface area (TPSA) is 87.7 Å². The summed E-state index contributed by atoms with van der Waals surface area (Å²) in [6.45, 7) is 2.01. The van der Waals surface area contributed by atoms with Gasteiger partial charge in [-0.1, -0.05) is 84.9 Å². The number of hydrogen-bond acceptors (Lipinski definition) is 5. The van der Waals surface area contributed by atoms with Crippen molar-refractivity contribution in [3.63, 3.8) is 0 Å². The van der Waals surface area contributed by atoms with Crippen LogP contribution in [0.5, 0.6) is 5.75 Å². The lowest BCUT2D eigenvalue weighted by Gasteiger charge is -2.37. The molecule has 5 rings (SSSR count). The maximum Gasteiger partial charge on any atom is 0.258 e. The van der Waals surface area contributed by atoms with Crippen molar-refractivity contribution in [3.8, 4) is 5.75 Å². The molecule has 4 aromatic carbocycles. The first kappa shape index (κ1) is 25.5. The van der Waals surface area contributed by atoms with Crippen molar-refractivity contribution >= 4 is 21.6 Å². The van der Waals surface area contributed by atoms with Crippen LogP contribution in [-0.2, 0) is 21.4 Å². The summed E-state index contributed by atoms with van der Waals surface area (Å²) in [6, 6.07) is 33.2. The minimum absolute atomic E-state index is 0.125. The summed E-state index contributed by atoms with van der Waals surface area (Å²) in [6.07, 6.45) is -0.612. The number of nitrogens with one attached hydrogen (secondary N) is 2. The van der Waals surface area contributed by atoms with Gasteiger partial charge in [0, 0.05) is 6.54 Å². The Morgan fingerprint density at radius 3 is 2.24 bits per heavy atom. The van der Waals surface area contributed by atoms with E-state index < -0.39 is 16.2 Å². The molecular weight excluding hydrogens is 498 g/mol. The summed E-state index contributed by atoms with van der Waals surface area (Å²) in [5.74, 6) is 0.293. The lowest BCUT2D eigenvalue weighted by molar-refractivity contribution is -0.123. The minimum atomic E-state index is -3.76. The van der Waals surface area contributed by atoms with Crippen LogP contribution in [0.1, 0.15) is 35.8 Å². The smallest absolute Gasteiger partial charge is 0.258 e. The summed E-state index contributed by atoms with van der Waals surface area (Å²) >= 11 is 0. The SMILES string of the molecule is CC(NC(=O)COc1ccc(C2Nc3ccccc3S(=O)(=O)N2Cc2ccccc2)cc1)c1ccccc1. The predicted octanol–water partition coefficient (Wildman–Crippen LogP) is 5.26. The van der Waals surface area contributed by atoms with Gasteiger partial charge in [-0.05, 0) is 47.9 Å². The standard InChI is InChI=1S/C30H29N3O4S/c1-22(24-12-6-3-7-13-24)31-29(34)21-37-26-18-16-25(17-19-26)30-32-27-14-8-9-15-28(27)38(35,36)33(30)20-23-10-4-2-5-11-23/h2-19,22,30,32H,20-21H2,1H3,(H,31,34). The van der Waals surface area contributed by atoms with Gasteiger partial charge in [0.1, 0.15) is 16.8 Å². The summed E-state index contributed by atoms with van der Waals surface area (Å²) < 4.78 is 34.5. The Labute approximate surface area is 223 Å². The first-order valence-electron chi connectivity index (χ1n) is 12.4. The number of fused-ring (bicyclic) bond motifs is 1. The molecule has 1 aliphatic rings. The van der Waals surface area contributed by atoms with Crippen molar-refractivity contribution in [2.75, 3.05) is 11.9 Å². The average Bonchev–Trinajstić information content (AvgIpc) is 2.95. The molecule has 2 N–H and O–H groups in total. The van der Waals surface area contributed by atoms with Gasteiger partial charge in [-0.3, -0.25) is 4.79 Å². The van der Waals surface area contributed by atoms with Crippen LogP contribution >= 0.6 is 0 Å². The summed E-state index contributed by atoms with van der Waals surface area (Å²) in [7, 11) is -3.76. The molecule has 38 heavy (non-hydrogen) atoms. The van der Waals surface area contributed by atoms with Gasteiger partial charge in [0.05, 0.1) is 11.7 Å². The first-order chi connectivity index (χ1) is 18.4. The highest BCUT2D eigenvalue weighted by atomic mass is 32.2. The summed E-state index contributed by atoms with van der Waals surface area (Å²) in [5.41, 5.74) is 3.22. The van der Waals surface area contributed by atoms with Gasteiger partial charge < -0.3 is 15.4 Å². The molecule has 0 aliphatic carbocycles. The lowest BCUT2D eigenvalue weighted by atomic mass is 10.1. The molecule has 0 spiro atoms. The number of amides is 1. The summed E-state index contributed by atoms with van der Waals surface area (Å²) in [5, 5.41) is 6.32. The van der Waals surface area contributed by atoms with Crippen LogP contribution in [0.2, 0.25) is 0 Å². The number of carbonyl (C=O) groups is 1. The largest absolute Gasteiger partial charge is 0.484 e. The third kappa shape index (κ3) is 5.56. The zero-order valence-corrected chi connectivity index (χ0v) is 21.8. The third-order valence-corrected chi connectivity index (χ3v) is 8.35. The van der Waals surface area contributed by atoms with Gasteiger partial charge in [-0.2, -0.15) is 4.31 Å². The van der Waals surface area contributed by atoms with E-state index in [4.69, 9.17) is 4.74 Å². The van der Waals surface area contributed by atoms with Gasteiger partial charge in [0.25, 0.3) is 5.91 Å². The minimum Gasteiger partial charge on any atom is -0.484 e. The average molecular weight is 528 g/mol. The van der Waals surface area contributed by atoms with E-state index >= 15 is 0 Å². The van der Waals surface area contributed by atoms with E-state index in [1.165, 1.54) is 4.31 Å². The summed E-state index contributed by atoms with van der Waals surface area (Å²) in [4.78, 5) is 12.7. The number of anilines is 1. The highest BCUT2D eigenvalue weighted by Crippen LogP contribution is 2.39. The van der Waals surface area contributed by atoms with Crippen LogP contribution in [-0.4, -0.2) is 25.2 Å². The van der Waals surface area contributed by atoms with E-state index in [0.717, 1.165) is 16.7 Å². The van der Waals surface area contributed by atoms with E-state index in [1.54, 1.807) is 30.3 Å². The number of carbonyl (C=O) groups excluding carboxylic acids is 1. The number of ether oxygens (including phenoxy) is 1. The molecule has 4 aromatic rings. The van der Waals surface area contributed by atoms with Gasteiger partial charge in [-0.25, -0.2) is 8.42 Å². The van der Waals surface area contributed by atoms with Gasteiger partial charge in [0.2, 0.25) is 10.0 Å². The molecule has 0 fully saturated rings. The Hall–Kier alpha value is -4.14. The zero-order chi connectivity index (χ0) is 26.5. The van der Waals surface area contributed by atoms with Crippen LogP contribution in [0.25, 0.3) is 0 Å². The molecule has 1 heterocycles. The van der Waals surface area contributed by atoms with Crippen LogP contribution in [0, 0.1) is 0 Å². The second-order valence-corrected chi connectivity index (χ2v) is 11.0. The van der Waals surface area contributed by atoms with Gasteiger partial charge in [-0.15, -0.1) is 0 Å². The molecule has 0 saturated carbocycles. The van der Waals surface area contributed by atoms with Crippen LogP contribution in [0.4, 0.5) is 5.69 Å². The van der Waals surface area contributed by atoms with E-state index in [-0.39, 0.29) is 30.0 Å². The number of benzene rings is 4. The molecule has 0 bridgehead atoms. The van der Waals surface area contributed by atoms with E-state index in [9.17, 15) is 13.2 Å². The molecule has 1 aliphatic heterocycles. The molecule has 0 aromatic heterocycles. The van der Waals surface area contributed by atoms with Gasteiger partial charge >= 0.3 is 0 Å². The quantitative estimate of drug-likeness (QED) is 0.327. The van der Waals surface area contributed by atoms with Crippen LogP contribution < -0.4 is 15.4 Å². The lowest BCUT2D eigenvalue weighted by Crippen LogP contribution is -2.42. The Bertz CT molecular complexity index is 1490. The number of hydrogen-bond donors (Lipinski definition) is 2. The normalized spacial score (nSPS) is 17.0. The predicted molar refractivity (Wildman–Crippen MR) is 147 cm³/mol. The molecule has 0 radical (unpaired) electrons. The third-order valence-electron chi connectivity index (χ3n) is 6.48. The molecular formula is C30H29N3O4S. The zero-order valence-electron chi connectivity index (χ0n) is 20.9. The Balaban J connectivity index is 1.31. The fraction of sp³-hybridized carbons (Fsp3) is 0.167. The second-order valence-electron chi connectivity index (χ2n) is 9.14. The van der Waals surface area contributed by atoms with E-state index in [0.29, 0.717) is 11.4 Å². The maximum absolute atomic E-state index is 13.6. The van der Waals surface area contributed by atoms with Gasteiger partial charge in [0.15, 0.2) is 6.61 Å². The highest BCUT2D eigenvalue weighted by Gasteiger charge is 2.38. The maximum atomic E-state index is 13.6. The monoisotopic (exact) mass is 527 g/mol. The highest BCUT2D eigenvalue weighted by molar-refractivity contribution is 7.89. The van der Waals surface area contributed by atoms with Crippen LogP contribution in [0.15, 0.2) is 114 Å². The first-order valence-corrected chi connectivity index (χ1v) is 13.8. The number of sulfonamides is 1. The molecule has 7 nitrogen and oxygen atoms in total.